The predicted octanol–water partition coefficient (Wildman–Crippen LogP) is 2.74. The lowest BCUT2D eigenvalue weighted by Gasteiger charge is -2.15. The van der Waals surface area contributed by atoms with Gasteiger partial charge in [0.15, 0.2) is 0 Å². The predicted molar refractivity (Wildman–Crippen MR) is 72.9 cm³/mol. The van der Waals surface area contributed by atoms with E-state index in [1.165, 1.54) is 0 Å². The molecule has 0 fully saturated rings. The SMILES string of the molecule is CCC(=O)OC(CCl)COCOCc1ccccc1. The Morgan fingerprint density at radius 2 is 2.00 bits per heavy atom. The summed E-state index contributed by atoms with van der Waals surface area (Å²) in [5.74, 6) is -0.0656. The summed E-state index contributed by atoms with van der Waals surface area (Å²) in [6, 6.07) is 9.81. The fraction of sp³-hybridized carbons (Fsp3) is 0.500. The molecule has 4 nitrogen and oxygen atoms in total. The van der Waals surface area contributed by atoms with Crippen molar-refractivity contribution in [3.8, 4) is 0 Å². The first kappa shape index (κ1) is 16.0. The van der Waals surface area contributed by atoms with E-state index in [0.717, 1.165) is 5.56 Å². The number of carbonyl (C=O) groups excluding carboxylic acids is 1. The molecule has 1 aromatic rings. The first-order valence-electron chi connectivity index (χ1n) is 6.21. The van der Waals surface area contributed by atoms with Crippen molar-refractivity contribution in [2.24, 2.45) is 0 Å². The number of esters is 1. The van der Waals surface area contributed by atoms with Crippen molar-refractivity contribution >= 4 is 17.6 Å². The highest BCUT2D eigenvalue weighted by Crippen LogP contribution is 2.02. The molecule has 0 heterocycles. The minimum atomic E-state index is -0.422. The molecule has 0 aliphatic heterocycles. The van der Waals surface area contributed by atoms with Crippen LogP contribution in [0.5, 0.6) is 0 Å². The van der Waals surface area contributed by atoms with Crippen LogP contribution in [-0.4, -0.2) is 31.4 Å². The molecule has 1 unspecified atom stereocenters. The average molecular weight is 287 g/mol. The maximum absolute atomic E-state index is 11.1. The van der Waals surface area contributed by atoms with Gasteiger partial charge in [0.05, 0.1) is 19.1 Å². The molecule has 1 aromatic carbocycles. The number of benzene rings is 1. The van der Waals surface area contributed by atoms with Crippen LogP contribution < -0.4 is 0 Å². The van der Waals surface area contributed by atoms with Crippen molar-refractivity contribution in [2.45, 2.75) is 26.1 Å². The Morgan fingerprint density at radius 1 is 1.26 bits per heavy atom. The van der Waals surface area contributed by atoms with Crippen LogP contribution in [0.1, 0.15) is 18.9 Å². The van der Waals surface area contributed by atoms with E-state index in [1.54, 1.807) is 6.92 Å². The Hall–Kier alpha value is -1.10. The van der Waals surface area contributed by atoms with E-state index in [2.05, 4.69) is 0 Å². The minimum Gasteiger partial charge on any atom is -0.459 e. The fourth-order valence-corrected chi connectivity index (χ4v) is 1.50. The maximum Gasteiger partial charge on any atom is 0.305 e. The standard InChI is InChI=1S/C14H19ClO4/c1-2-14(16)19-13(8-15)10-18-11-17-9-12-6-4-3-5-7-12/h3-7,13H,2,8-11H2,1H3. The molecule has 0 saturated carbocycles. The van der Waals surface area contributed by atoms with Gasteiger partial charge in [-0.2, -0.15) is 0 Å². The van der Waals surface area contributed by atoms with Crippen LogP contribution in [0.15, 0.2) is 30.3 Å². The number of ether oxygens (including phenoxy) is 3. The quantitative estimate of drug-likeness (QED) is 0.303. The summed E-state index contributed by atoms with van der Waals surface area (Å²) in [5, 5.41) is 0. The van der Waals surface area contributed by atoms with Gasteiger partial charge in [-0.25, -0.2) is 0 Å². The molecular weight excluding hydrogens is 268 g/mol. The van der Waals surface area contributed by atoms with Gasteiger partial charge < -0.3 is 14.2 Å². The van der Waals surface area contributed by atoms with Crippen molar-refractivity contribution in [1.82, 2.24) is 0 Å². The minimum absolute atomic E-state index is 0.145. The summed E-state index contributed by atoms with van der Waals surface area (Å²) in [5.41, 5.74) is 1.08. The van der Waals surface area contributed by atoms with Gasteiger partial charge in [-0.05, 0) is 5.56 Å². The first-order valence-corrected chi connectivity index (χ1v) is 6.74. The van der Waals surface area contributed by atoms with E-state index in [9.17, 15) is 4.79 Å². The molecule has 0 N–H and O–H groups in total. The van der Waals surface area contributed by atoms with Crippen molar-refractivity contribution < 1.29 is 19.0 Å². The molecule has 1 atom stereocenters. The van der Waals surface area contributed by atoms with E-state index in [0.29, 0.717) is 13.0 Å². The van der Waals surface area contributed by atoms with Crippen LogP contribution in [0.25, 0.3) is 0 Å². The van der Waals surface area contributed by atoms with Gasteiger partial charge in [0.25, 0.3) is 0 Å². The molecule has 0 aliphatic rings. The van der Waals surface area contributed by atoms with Crippen LogP contribution in [0.4, 0.5) is 0 Å². The zero-order valence-corrected chi connectivity index (χ0v) is 11.8. The normalized spacial score (nSPS) is 12.1. The van der Waals surface area contributed by atoms with E-state index in [1.807, 2.05) is 30.3 Å². The number of rotatable bonds is 9. The lowest BCUT2D eigenvalue weighted by Crippen LogP contribution is -2.25. The van der Waals surface area contributed by atoms with Crippen LogP contribution in [0.2, 0.25) is 0 Å². The van der Waals surface area contributed by atoms with Gasteiger partial charge in [0.2, 0.25) is 0 Å². The number of carbonyl (C=O) groups is 1. The molecule has 0 aromatic heterocycles. The maximum atomic E-state index is 11.1. The highest BCUT2D eigenvalue weighted by atomic mass is 35.5. The summed E-state index contributed by atoms with van der Waals surface area (Å²) in [7, 11) is 0. The average Bonchev–Trinajstić information content (AvgIpc) is 2.46. The Bertz CT molecular complexity index is 356. The fourth-order valence-electron chi connectivity index (χ4n) is 1.35. The summed E-state index contributed by atoms with van der Waals surface area (Å²) in [6.07, 6.45) is -0.0906. The van der Waals surface area contributed by atoms with Crippen LogP contribution in [0.3, 0.4) is 0 Å². The van der Waals surface area contributed by atoms with Gasteiger partial charge in [-0.3, -0.25) is 4.79 Å². The van der Waals surface area contributed by atoms with E-state index in [4.69, 9.17) is 25.8 Å². The molecule has 0 radical (unpaired) electrons. The highest BCUT2D eigenvalue weighted by molar-refractivity contribution is 6.18. The van der Waals surface area contributed by atoms with Crippen LogP contribution in [0, 0.1) is 0 Å². The Morgan fingerprint density at radius 3 is 2.63 bits per heavy atom. The smallest absolute Gasteiger partial charge is 0.305 e. The van der Waals surface area contributed by atoms with Gasteiger partial charge in [-0.1, -0.05) is 37.3 Å². The van der Waals surface area contributed by atoms with Crippen molar-refractivity contribution in [2.75, 3.05) is 19.3 Å². The zero-order chi connectivity index (χ0) is 13.9. The van der Waals surface area contributed by atoms with Gasteiger partial charge in [0.1, 0.15) is 12.9 Å². The number of hydrogen-bond acceptors (Lipinski definition) is 4. The third-order valence-electron chi connectivity index (χ3n) is 2.34. The molecule has 0 saturated heterocycles. The molecule has 19 heavy (non-hydrogen) atoms. The van der Waals surface area contributed by atoms with Crippen LogP contribution >= 0.6 is 11.6 Å². The van der Waals surface area contributed by atoms with E-state index < -0.39 is 6.10 Å². The molecule has 0 spiro atoms. The van der Waals surface area contributed by atoms with Gasteiger partial charge in [0, 0.05) is 6.42 Å². The summed E-state index contributed by atoms with van der Waals surface area (Å²) >= 11 is 5.68. The lowest BCUT2D eigenvalue weighted by atomic mass is 10.2. The third-order valence-corrected chi connectivity index (χ3v) is 2.69. The number of halogens is 1. The van der Waals surface area contributed by atoms with Gasteiger partial charge in [-0.15, -0.1) is 11.6 Å². The lowest BCUT2D eigenvalue weighted by molar-refractivity contribution is -0.154. The summed E-state index contributed by atoms with van der Waals surface area (Å²) < 4.78 is 15.7. The molecule has 0 bridgehead atoms. The summed E-state index contributed by atoms with van der Waals surface area (Å²) in [4.78, 5) is 11.1. The highest BCUT2D eigenvalue weighted by Gasteiger charge is 2.12. The Balaban J connectivity index is 2.10. The van der Waals surface area contributed by atoms with Gasteiger partial charge >= 0.3 is 5.97 Å². The molecule has 106 valence electrons. The molecular formula is C14H19ClO4. The summed E-state index contributed by atoms with van der Waals surface area (Å²) in [6.45, 7) is 2.61. The zero-order valence-electron chi connectivity index (χ0n) is 11.0. The topological polar surface area (TPSA) is 44.8 Å². The van der Waals surface area contributed by atoms with Crippen molar-refractivity contribution in [1.29, 1.82) is 0 Å². The first-order chi connectivity index (χ1) is 9.26. The van der Waals surface area contributed by atoms with E-state index in [-0.39, 0.29) is 25.2 Å². The Labute approximate surface area is 118 Å². The second kappa shape index (κ2) is 9.78. The molecule has 0 amide bonds. The number of alkyl halides is 1. The largest absolute Gasteiger partial charge is 0.459 e. The molecule has 0 aliphatic carbocycles. The number of hydrogen-bond donors (Lipinski definition) is 0. The second-order valence-corrected chi connectivity index (χ2v) is 4.25. The van der Waals surface area contributed by atoms with E-state index >= 15 is 0 Å². The second-order valence-electron chi connectivity index (χ2n) is 3.94. The Kier molecular flexibility index (Phi) is 8.21. The molecule has 5 heteroatoms. The van der Waals surface area contributed by atoms with Crippen molar-refractivity contribution in [3.05, 3.63) is 35.9 Å². The monoisotopic (exact) mass is 286 g/mol. The van der Waals surface area contributed by atoms with Crippen LogP contribution in [-0.2, 0) is 25.6 Å². The third kappa shape index (κ3) is 7.15. The van der Waals surface area contributed by atoms with Crippen molar-refractivity contribution in [3.63, 3.8) is 0 Å². The molecule has 1 rings (SSSR count).